The molecule has 4 heteroatoms. The number of hydrogen-bond donors (Lipinski definition) is 1. The molecule has 0 saturated heterocycles. The van der Waals surface area contributed by atoms with Crippen molar-refractivity contribution in [2.75, 3.05) is 25.1 Å². The monoisotopic (exact) mass is 328 g/mol. The van der Waals surface area contributed by atoms with Crippen LogP contribution in [-0.2, 0) is 6.54 Å². The predicted octanol–water partition coefficient (Wildman–Crippen LogP) is 4.01. The fraction of sp³-hybridized carbons (Fsp3) is 0.316. The number of ether oxygens (including phenoxy) is 1. The molecule has 2 rings (SSSR count). The van der Waals surface area contributed by atoms with Crippen molar-refractivity contribution in [1.29, 1.82) is 0 Å². The molecule has 0 fully saturated rings. The van der Waals surface area contributed by atoms with E-state index in [1.54, 1.807) is 7.11 Å². The lowest BCUT2D eigenvalue weighted by molar-refractivity contribution is 0.414. The maximum atomic E-state index is 5.48. The summed E-state index contributed by atoms with van der Waals surface area (Å²) >= 11 is 5.48. The van der Waals surface area contributed by atoms with Crippen molar-refractivity contribution in [2.24, 2.45) is 0 Å². The Morgan fingerprint density at radius 3 is 2.13 bits per heavy atom. The quantitative estimate of drug-likeness (QED) is 0.776. The Bertz CT molecular complexity index is 619. The zero-order valence-corrected chi connectivity index (χ0v) is 14.8. The van der Waals surface area contributed by atoms with Gasteiger partial charge in [0.15, 0.2) is 0 Å². The minimum atomic E-state index is 0.709. The molecule has 2 aromatic carbocycles. The van der Waals surface area contributed by atoms with E-state index in [-0.39, 0.29) is 0 Å². The average Bonchev–Trinajstić information content (AvgIpc) is 2.61. The molecule has 0 heterocycles. The zero-order valence-electron chi connectivity index (χ0n) is 14.0. The van der Waals surface area contributed by atoms with Crippen molar-refractivity contribution in [3.63, 3.8) is 0 Å². The summed E-state index contributed by atoms with van der Waals surface area (Å²) in [6.45, 7) is 7.06. The highest BCUT2D eigenvalue weighted by atomic mass is 32.1. The topological polar surface area (TPSA) is 24.5 Å². The lowest BCUT2D eigenvalue weighted by Gasteiger charge is -2.21. The fourth-order valence-corrected chi connectivity index (χ4v) is 2.65. The van der Waals surface area contributed by atoms with Gasteiger partial charge in [0.25, 0.3) is 0 Å². The molecular weight excluding hydrogens is 304 g/mol. The van der Waals surface area contributed by atoms with Gasteiger partial charge in [-0.25, -0.2) is 0 Å². The molecular formula is C19H24N2OS. The van der Waals surface area contributed by atoms with Gasteiger partial charge in [0.05, 0.1) is 7.11 Å². The van der Waals surface area contributed by atoms with Crippen LogP contribution in [0.25, 0.3) is 0 Å². The first-order valence-corrected chi connectivity index (χ1v) is 8.34. The van der Waals surface area contributed by atoms with E-state index in [9.17, 15) is 0 Å². The second-order valence-corrected chi connectivity index (χ2v) is 5.66. The molecule has 0 amide bonds. The maximum absolute atomic E-state index is 5.48. The first kappa shape index (κ1) is 17.3. The minimum Gasteiger partial charge on any atom is -0.497 e. The third-order valence-electron chi connectivity index (χ3n) is 3.87. The summed E-state index contributed by atoms with van der Waals surface area (Å²) in [4.78, 5) is 3.09. The van der Waals surface area contributed by atoms with E-state index in [0.29, 0.717) is 6.54 Å². The van der Waals surface area contributed by atoms with Gasteiger partial charge in [-0.2, -0.15) is 0 Å². The normalized spacial score (nSPS) is 10.2. The Labute approximate surface area is 144 Å². The summed E-state index contributed by atoms with van der Waals surface area (Å²) in [7, 11) is 1.67. The Morgan fingerprint density at radius 1 is 1.00 bits per heavy atom. The van der Waals surface area contributed by atoms with Crippen molar-refractivity contribution in [3.05, 3.63) is 59.7 Å². The van der Waals surface area contributed by atoms with Crippen molar-refractivity contribution >= 4 is 22.9 Å². The summed E-state index contributed by atoms with van der Waals surface area (Å²) < 4.78 is 5.16. The highest BCUT2D eigenvalue weighted by Gasteiger charge is 2.04. The third kappa shape index (κ3) is 4.70. The molecule has 0 aliphatic carbocycles. The molecule has 0 aliphatic rings. The third-order valence-corrected chi connectivity index (χ3v) is 4.25. The highest BCUT2D eigenvalue weighted by molar-refractivity contribution is 7.80. The maximum Gasteiger partial charge on any atom is 0.118 e. The number of anilines is 1. The van der Waals surface area contributed by atoms with E-state index in [1.165, 1.54) is 11.3 Å². The summed E-state index contributed by atoms with van der Waals surface area (Å²) in [5, 5.41) is 3.31. The molecule has 0 aromatic heterocycles. The number of benzene rings is 2. The van der Waals surface area contributed by atoms with Gasteiger partial charge in [0.1, 0.15) is 10.7 Å². The molecule has 0 unspecified atom stereocenters. The van der Waals surface area contributed by atoms with E-state index < -0.39 is 0 Å². The molecule has 0 atom stereocenters. The number of thiocarbonyl (C=S) groups is 1. The van der Waals surface area contributed by atoms with E-state index >= 15 is 0 Å². The van der Waals surface area contributed by atoms with Crippen LogP contribution in [-0.4, -0.2) is 25.2 Å². The predicted molar refractivity (Wildman–Crippen MR) is 102 cm³/mol. The molecule has 1 N–H and O–H groups in total. The SMILES string of the molecule is CCN(CC)c1ccc(C(=S)NCc2ccc(OC)cc2)cc1. The molecule has 2 aromatic rings. The second kappa shape index (κ2) is 8.53. The van der Waals surface area contributed by atoms with Crippen molar-refractivity contribution in [1.82, 2.24) is 5.32 Å². The first-order chi connectivity index (χ1) is 11.2. The molecule has 0 radical (unpaired) electrons. The van der Waals surface area contributed by atoms with Crippen molar-refractivity contribution in [2.45, 2.75) is 20.4 Å². The van der Waals surface area contributed by atoms with Gasteiger partial charge in [-0.1, -0.05) is 24.4 Å². The Hall–Kier alpha value is -2.07. The van der Waals surface area contributed by atoms with E-state index in [4.69, 9.17) is 17.0 Å². The van der Waals surface area contributed by atoms with E-state index in [0.717, 1.165) is 29.4 Å². The van der Waals surface area contributed by atoms with Crippen LogP contribution in [0.5, 0.6) is 5.75 Å². The average molecular weight is 328 g/mol. The number of nitrogens with zero attached hydrogens (tertiary/aromatic N) is 1. The summed E-state index contributed by atoms with van der Waals surface area (Å²) in [5.41, 5.74) is 3.45. The van der Waals surface area contributed by atoms with Crippen LogP contribution in [0, 0.1) is 0 Å². The van der Waals surface area contributed by atoms with Crippen molar-refractivity contribution in [3.8, 4) is 5.75 Å². The summed E-state index contributed by atoms with van der Waals surface area (Å²) in [6, 6.07) is 16.4. The van der Waals surface area contributed by atoms with Crippen LogP contribution >= 0.6 is 12.2 Å². The lowest BCUT2D eigenvalue weighted by Crippen LogP contribution is -2.23. The number of nitrogens with one attached hydrogen (secondary N) is 1. The number of rotatable bonds is 7. The van der Waals surface area contributed by atoms with E-state index in [1.807, 2.05) is 24.3 Å². The summed E-state index contributed by atoms with van der Waals surface area (Å²) in [5.74, 6) is 0.864. The Balaban J connectivity index is 1.94. The van der Waals surface area contributed by atoms with Crippen LogP contribution in [0.1, 0.15) is 25.0 Å². The Morgan fingerprint density at radius 2 is 1.61 bits per heavy atom. The molecule has 23 heavy (non-hydrogen) atoms. The van der Waals surface area contributed by atoms with Gasteiger partial charge >= 0.3 is 0 Å². The van der Waals surface area contributed by atoms with Gasteiger partial charge in [-0.05, 0) is 55.8 Å². The molecule has 0 saturated carbocycles. The zero-order chi connectivity index (χ0) is 16.7. The molecule has 0 bridgehead atoms. The van der Waals surface area contributed by atoms with Crippen LogP contribution in [0.4, 0.5) is 5.69 Å². The second-order valence-electron chi connectivity index (χ2n) is 5.25. The van der Waals surface area contributed by atoms with Gasteiger partial charge in [0.2, 0.25) is 0 Å². The van der Waals surface area contributed by atoms with Gasteiger partial charge in [0, 0.05) is 30.9 Å². The molecule has 0 spiro atoms. The highest BCUT2D eigenvalue weighted by Crippen LogP contribution is 2.15. The van der Waals surface area contributed by atoms with Crippen molar-refractivity contribution < 1.29 is 4.74 Å². The lowest BCUT2D eigenvalue weighted by atomic mass is 10.1. The Kier molecular flexibility index (Phi) is 6.41. The van der Waals surface area contributed by atoms with Gasteiger partial charge in [-0.15, -0.1) is 0 Å². The summed E-state index contributed by atoms with van der Waals surface area (Å²) in [6.07, 6.45) is 0. The van der Waals surface area contributed by atoms with Crippen LogP contribution in [0.2, 0.25) is 0 Å². The minimum absolute atomic E-state index is 0.709. The smallest absolute Gasteiger partial charge is 0.118 e. The number of methoxy groups -OCH3 is 1. The molecule has 122 valence electrons. The standard InChI is InChI=1S/C19H24N2OS/c1-4-21(5-2)17-10-8-16(9-11-17)19(23)20-14-15-6-12-18(22-3)13-7-15/h6-13H,4-5,14H2,1-3H3,(H,20,23). The molecule has 3 nitrogen and oxygen atoms in total. The van der Waals surface area contributed by atoms with Gasteiger partial charge < -0.3 is 15.0 Å². The van der Waals surface area contributed by atoms with Crippen LogP contribution in [0.3, 0.4) is 0 Å². The first-order valence-electron chi connectivity index (χ1n) is 7.94. The number of hydrogen-bond acceptors (Lipinski definition) is 3. The fourth-order valence-electron chi connectivity index (χ4n) is 2.44. The molecule has 0 aliphatic heterocycles. The van der Waals surface area contributed by atoms with Gasteiger partial charge in [-0.3, -0.25) is 0 Å². The largest absolute Gasteiger partial charge is 0.497 e. The van der Waals surface area contributed by atoms with Crippen LogP contribution in [0.15, 0.2) is 48.5 Å². The van der Waals surface area contributed by atoms with E-state index in [2.05, 4.69) is 48.3 Å². The van der Waals surface area contributed by atoms with Crippen LogP contribution < -0.4 is 15.0 Å².